The fourth-order valence-corrected chi connectivity index (χ4v) is 3.67. The van der Waals surface area contributed by atoms with E-state index in [1.807, 2.05) is 0 Å². The van der Waals surface area contributed by atoms with Gasteiger partial charge in [0.1, 0.15) is 11.4 Å². The summed E-state index contributed by atoms with van der Waals surface area (Å²) in [7, 11) is 0. The van der Waals surface area contributed by atoms with Crippen LogP contribution in [0.2, 0.25) is 0 Å². The molecule has 198 valence electrons. The van der Waals surface area contributed by atoms with Crippen LogP contribution in [0.3, 0.4) is 0 Å². The van der Waals surface area contributed by atoms with Crippen molar-refractivity contribution in [3.05, 3.63) is 53.6 Å². The second kappa shape index (κ2) is 9.91. The van der Waals surface area contributed by atoms with E-state index in [1.54, 1.807) is 63.3 Å². The van der Waals surface area contributed by atoms with Crippen molar-refractivity contribution >= 4 is 17.9 Å². The monoisotopic (exact) mass is 519 g/mol. The number of aromatic hydroxyl groups is 1. The Labute approximate surface area is 211 Å². The molecule has 2 aliphatic rings. The van der Waals surface area contributed by atoms with Crippen LogP contribution in [-0.2, 0) is 15.1 Å². The summed E-state index contributed by atoms with van der Waals surface area (Å²) in [6.07, 6.45) is 2.37. The van der Waals surface area contributed by atoms with Gasteiger partial charge in [-0.3, -0.25) is 0 Å². The molecule has 0 bridgehead atoms. The minimum Gasteiger partial charge on any atom is -0.508 e. The lowest BCUT2D eigenvalue weighted by molar-refractivity contribution is -0.154. The number of phenolic OH excluding ortho intramolecular Hbond substituents is 1. The van der Waals surface area contributed by atoms with E-state index in [1.165, 1.54) is 0 Å². The Hall–Kier alpha value is -3.83. The highest BCUT2D eigenvalue weighted by Gasteiger charge is 2.45. The molecule has 0 aliphatic heterocycles. The fraction of sp³-hybridized carbons (Fsp3) is 0.440. The van der Waals surface area contributed by atoms with E-state index < -0.39 is 35.9 Å². The third-order valence-corrected chi connectivity index (χ3v) is 5.55. The van der Waals surface area contributed by atoms with E-state index in [0.29, 0.717) is 12.0 Å². The first-order valence-electron chi connectivity index (χ1n) is 11.7. The second-order valence-corrected chi connectivity index (χ2v) is 9.93. The summed E-state index contributed by atoms with van der Waals surface area (Å²) >= 11 is 0. The lowest BCUT2D eigenvalue weighted by Crippen LogP contribution is -2.27. The number of nitrogens with zero attached hydrogens (tertiary/aromatic N) is 3. The molecule has 2 aliphatic carbocycles. The predicted octanol–water partition coefficient (Wildman–Crippen LogP) is 4.63. The maximum Gasteiger partial charge on any atom is 0.422 e. The number of alkyl halides is 3. The van der Waals surface area contributed by atoms with Gasteiger partial charge in [-0.2, -0.15) is 28.1 Å². The Morgan fingerprint density at radius 1 is 1.11 bits per heavy atom. The van der Waals surface area contributed by atoms with Crippen molar-refractivity contribution in [2.24, 2.45) is 0 Å². The molecule has 0 spiro atoms. The van der Waals surface area contributed by atoms with Crippen molar-refractivity contribution in [3.8, 4) is 11.8 Å². The number of rotatable bonds is 8. The van der Waals surface area contributed by atoms with Crippen molar-refractivity contribution in [2.45, 2.75) is 63.4 Å². The van der Waals surface area contributed by atoms with Crippen LogP contribution in [0.1, 0.15) is 45.6 Å². The number of benzene rings is 1. The van der Waals surface area contributed by atoms with Gasteiger partial charge in [-0.15, -0.1) is 0 Å². The van der Waals surface area contributed by atoms with Gasteiger partial charge in [-0.1, -0.05) is 24.3 Å². The van der Waals surface area contributed by atoms with Gasteiger partial charge >= 0.3 is 18.2 Å². The van der Waals surface area contributed by atoms with Crippen LogP contribution in [0.5, 0.6) is 11.8 Å². The molecule has 3 N–H and O–H groups in total. The molecular formula is C25H28F3N5O4. The van der Waals surface area contributed by atoms with E-state index >= 15 is 0 Å². The first-order valence-corrected chi connectivity index (χ1v) is 11.7. The van der Waals surface area contributed by atoms with Crippen LogP contribution >= 0.6 is 0 Å². The maximum atomic E-state index is 12.8. The maximum absolute atomic E-state index is 12.8. The lowest BCUT2D eigenvalue weighted by atomic mass is 10.0. The third-order valence-electron chi connectivity index (χ3n) is 5.55. The zero-order valence-corrected chi connectivity index (χ0v) is 20.6. The van der Waals surface area contributed by atoms with Crippen molar-refractivity contribution < 1.29 is 32.5 Å². The highest BCUT2D eigenvalue weighted by molar-refractivity contribution is 5.92. The standard InChI is InChI=1S/C25H28F3N5O4/c1-23(2,3)37-19(35)15-4-8-17(9-5-15)29-20-30-21(32-22(31-20)36-14-25(26,27)28)33-24(12-13-24)16-6-10-18(34)11-7-16/h4-8,10-11,17,34H,9,12-14H2,1-3H3,(H2,29,30,31,32,33). The van der Waals surface area contributed by atoms with Gasteiger partial charge in [-0.25, -0.2) is 4.79 Å². The van der Waals surface area contributed by atoms with E-state index in [2.05, 4.69) is 25.6 Å². The number of phenols is 1. The minimum atomic E-state index is -4.56. The predicted molar refractivity (Wildman–Crippen MR) is 129 cm³/mol. The first kappa shape index (κ1) is 26.2. The molecule has 1 saturated carbocycles. The average molecular weight is 520 g/mol. The number of ether oxygens (including phenoxy) is 2. The summed E-state index contributed by atoms with van der Waals surface area (Å²) < 4.78 is 48.4. The number of halogens is 3. The zero-order chi connectivity index (χ0) is 26.8. The molecular weight excluding hydrogens is 491 g/mol. The Morgan fingerprint density at radius 3 is 2.35 bits per heavy atom. The van der Waals surface area contributed by atoms with Gasteiger partial charge in [-0.05, 0) is 63.8 Å². The van der Waals surface area contributed by atoms with Crippen LogP contribution in [0.25, 0.3) is 0 Å². The number of anilines is 2. The summed E-state index contributed by atoms with van der Waals surface area (Å²) in [6, 6.07) is 5.83. The zero-order valence-electron chi connectivity index (χ0n) is 20.6. The minimum absolute atomic E-state index is 0.0138. The number of hydrogen-bond donors (Lipinski definition) is 3. The van der Waals surface area contributed by atoms with E-state index in [9.17, 15) is 23.1 Å². The molecule has 9 nitrogen and oxygen atoms in total. The Bertz CT molecular complexity index is 1200. The summed E-state index contributed by atoms with van der Waals surface area (Å²) in [5, 5.41) is 15.8. The fourth-order valence-electron chi connectivity index (χ4n) is 3.67. The van der Waals surface area contributed by atoms with E-state index in [0.717, 1.165) is 18.4 Å². The van der Waals surface area contributed by atoms with Crippen LogP contribution in [0.15, 0.2) is 48.1 Å². The molecule has 12 heteroatoms. The summed E-state index contributed by atoms with van der Waals surface area (Å²) in [4.78, 5) is 24.6. The SMILES string of the molecule is CC(C)(C)OC(=O)C1=CCC(Nc2nc(NC3(c4ccc(O)cc4)CC3)nc(OCC(F)(F)F)n2)C=C1. The molecule has 1 aromatic heterocycles. The van der Waals surface area contributed by atoms with Gasteiger partial charge in [0.05, 0.1) is 17.2 Å². The van der Waals surface area contributed by atoms with Gasteiger partial charge in [0, 0.05) is 0 Å². The van der Waals surface area contributed by atoms with E-state index in [4.69, 9.17) is 9.47 Å². The van der Waals surface area contributed by atoms with Gasteiger partial charge in [0.2, 0.25) is 11.9 Å². The number of carbonyl (C=O) groups excluding carboxylic acids is 1. The highest BCUT2D eigenvalue weighted by Crippen LogP contribution is 2.48. The molecule has 1 fully saturated rings. The van der Waals surface area contributed by atoms with Crippen molar-refractivity contribution in [1.82, 2.24) is 15.0 Å². The Kier molecular flexibility index (Phi) is 7.03. The molecule has 1 aromatic carbocycles. The summed E-state index contributed by atoms with van der Waals surface area (Å²) in [5.41, 5.74) is 0.155. The number of esters is 1. The number of nitrogens with one attached hydrogen (secondary N) is 2. The van der Waals surface area contributed by atoms with Gasteiger partial charge in [0.15, 0.2) is 6.61 Å². The first-order chi connectivity index (χ1) is 17.3. The number of aromatic nitrogens is 3. The normalized spacial score (nSPS) is 18.5. The van der Waals surface area contributed by atoms with E-state index in [-0.39, 0.29) is 23.7 Å². The van der Waals surface area contributed by atoms with Crippen molar-refractivity contribution in [1.29, 1.82) is 0 Å². The molecule has 0 amide bonds. The van der Waals surface area contributed by atoms with Crippen LogP contribution in [0, 0.1) is 0 Å². The molecule has 0 radical (unpaired) electrons. The Balaban J connectivity index is 1.50. The van der Waals surface area contributed by atoms with Crippen molar-refractivity contribution in [3.63, 3.8) is 0 Å². The average Bonchev–Trinajstić information content (AvgIpc) is 3.57. The Morgan fingerprint density at radius 2 is 1.78 bits per heavy atom. The molecule has 2 aromatic rings. The highest BCUT2D eigenvalue weighted by atomic mass is 19.4. The summed E-state index contributed by atoms with van der Waals surface area (Å²) in [5.74, 6) is -0.260. The lowest BCUT2D eigenvalue weighted by Gasteiger charge is -2.22. The van der Waals surface area contributed by atoms with Crippen LogP contribution in [0.4, 0.5) is 25.1 Å². The second-order valence-electron chi connectivity index (χ2n) is 9.93. The molecule has 1 atom stereocenters. The molecule has 4 rings (SSSR count). The van der Waals surface area contributed by atoms with Crippen LogP contribution < -0.4 is 15.4 Å². The van der Waals surface area contributed by atoms with Gasteiger partial charge in [0.25, 0.3) is 0 Å². The quantitative estimate of drug-likeness (QED) is 0.429. The smallest absolute Gasteiger partial charge is 0.422 e. The summed E-state index contributed by atoms with van der Waals surface area (Å²) in [6.45, 7) is 3.78. The van der Waals surface area contributed by atoms with Crippen LogP contribution in [-0.4, -0.2) is 50.5 Å². The largest absolute Gasteiger partial charge is 0.508 e. The molecule has 1 heterocycles. The number of carbonyl (C=O) groups is 1. The van der Waals surface area contributed by atoms with Gasteiger partial charge < -0.3 is 25.2 Å². The molecule has 1 unspecified atom stereocenters. The molecule has 37 heavy (non-hydrogen) atoms. The molecule has 0 saturated heterocycles. The number of hydrogen-bond acceptors (Lipinski definition) is 9. The third kappa shape index (κ3) is 7.34. The van der Waals surface area contributed by atoms with Crippen molar-refractivity contribution in [2.75, 3.05) is 17.2 Å². The topological polar surface area (TPSA) is 118 Å².